The van der Waals surface area contributed by atoms with Gasteiger partial charge in [-0.2, -0.15) is 0 Å². The first-order valence-corrected chi connectivity index (χ1v) is 8.15. The molecule has 2 aliphatic rings. The van der Waals surface area contributed by atoms with E-state index in [2.05, 4.69) is 37.6 Å². The van der Waals surface area contributed by atoms with E-state index in [9.17, 15) is 0 Å². The Morgan fingerprint density at radius 3 is 1.94 bits per heavy atom. The molecule has 18 heavy (non-hydrogen) atoms. The SMILES string of the molecule is C1=CCCC1.CP(C)[C@H]1C=CCC1CO.[CH3-].[CH3-].[Fe+2]. The summed E-state index contributed by atoms with van der Waals surface area (Å²) in [6.45, 7) is 4.91. The summed E-state index contributed by atoms with van der Waals surface area (Å²) in [6, 6.07) is 0. The molecule has 0 aromatic heterocycles. The summed E-state index contributed by atoms with van der Waals surface area (Å²) in [5, 5.41) is 8.96. The van der Waals surface area contributed by atoms with Gasteiger partial charge in [0, 0.05) is 12.3 Å². The summed E-state index contributed by atoms with van der Waals surface area (Å²) < 4.78 is 0. The molecule has 1 nitrogen and oxygen atoms in total. The normalized spacial score (nSPS) is 23.6. The summed E-state index contributed by atoms with van der Waals surface area (Å²) in [6.07, 6.45) is 14.1. The first-order valence-electron chi connectivity index (χ1n) is 5.84. The largest absolute Gasteiger partial charge is 2.00 e. The summed E-state index contributed by atoms with van der Waals surface area (Å²) >= 11 is 0. The monoisotopic (exact) mass is 312 g/mol. The van der Waals surface area contributed by atoms with E-state index in [0.29, 0.717) is 18.2 Å². The maximum atomic E-state index is 8.96. The molecule has 0 amide bonds. The number of hydrogen-bond donors (Lipinski definition) is 1. The second kappa shape index (κ2) is 13.8. The van der Waals surface area contributed by atoms with Crippen LogP contribution in [0.5, 0.6) is 0 Å². The Morgan fingerprint density at radius 1 is 1.11 bits per heavy atom. The number of hydrogen-bond acceptors (Lipinski definition) is 1. The molecule has 108 valence electrons. The van der Waals surface area contributed by atoms with Crippen molar-refractivity contribution < 1.29 is 22.2 Å². The first kappa shape index (κ1) is 23.5. The second-order valence-electron chi connectivity index (χ2n) is 4.46. The van der Waals surface area contributed by atoms with Crippen LogP contribution in [0, 0.1) is 20.8 Å². The molecule has 0 radical (unpaired) electrons. The van der Waals surface area contributed by atoms with Crippen LogP contribution >= 0.6 is 7.92 Å². The Kier molecular flexibility index (Phi) is 18.0. The van der Waals surface area contributed by atoms with Gasteiger partial charge in [-0.25, -0.2) is 0 Å². The van der Waals surface area contributed by atoms with Crippen molar-refractivity contribution in [2.45, 2.75) is 31.3 Å². The third-order valence-corrected chi connectivity index (χ3v) is 4.78. The van der Waals surface area contributed by atoms with E-state index in [0.717, 1.165) is 6.42 Å². The van der Waals surface area contributed by atoms with E-state index >= 15 is 0 Å². The molecular formula is C15H29FeOP. The van der Waals surface area contributed by atoms with Crippen LogP contribution in [0.15, 0.2) is 24.3 Å². The Hall–Kier alpha value is 0.389. The van der Waals surface area contributed by atoms with Crippen LogP contribution in [-0.2, 0) is 17.1 Å². The van der Waals surface area contributed by atoms with E-state index in [1.165, 1.54) is 19.3 Å². The summed E-state index contributed by atoms with van der Waals surface area (Å²) in [7, 11) is 0.106. The molecule has 2 atom stereocenters. The zero-order chi connectivity index (χ0) is 11.1. The van der Waals surface area contributed by atoms with E-state index in [4.69, 9.17) is 5.11 Å². The molecule has 3 heteroatoms. The Bertz CT molecular complexity index is 221. The number of aliphatic hydroxyl groups is 1. The fraction of sp³-hybridized carbons (Fsp3) is 0.600. The maximum Gasteiger partial charge on any atom is 2.00 e. The Morgan fingerprint density at radius 2 is 1.67 bits per heavy atom. The number of allylic oxidation sites excluding steroid dienone is 4. The molecule has 0 saturated heterocycles. The number of rotatable bonds is 2. The second-order valence-corrected chi connectivity index (χ2v) is 6.99. The van der Waals surface area contributed by atoms with Gasteiger partial charge in [-0.05, 0) is 44.9 Å². The van der Waals surface area contributed by atoms with Gasteiger partial charge < -0.3 is 20.0 Å². The molecule has 0 aromatic rings. The fourth-order valence-corrected chi connectivity index (χ4v) is 3.58. The van der Waals surface area contributed by atoms with Crippen LogP contribution in [0.3, 0.4) is 0 Å². The van der Waals surface area contributed by atoms with Gasteiger partial charge in [0.05, 0.1) is 0 Å². The van der Waals surface area contributed by atoms with Gasteiger partial charge in [-0.3, -0.25) is 0 Å². The van der Waals surface area contributed by atoms with Crippen molar-refractivity contribution in [3.8, 4) is 0 Å². The van der Waals surface area contributed by atoms with Gasteiger partial charge in [0.1, 0.15) is 0 Å². The van der Waals surface area contributed by atoms with E-state index in [1.807, 2.05) is 0 Å². The van der Waals surface area contributed by atoms with Crippen LogP contribution < -0.4 is 0 Å². The molecule has 1 N–H and O–H groups in total. The van der Waals surface area contributed by atoms with Crippen molar-refractivity contribution in [2.75, 3.05) is 19.9 Å². The molecular weight excluding hydrogens is 283 g/mol. The van der Waals surface area contributed by atoms with Crippen molar-refractivity contribution in [2.24, 2.45) is 5.92 Å². The fourth-order valence-electron chi connectivity index (χ4n) is 2.05. The molecule has 0 fully saturated rings. The van der Waals surface area contributed by atoms with Crippen molar-refractivity contribution in [3.63, 3.8) is 0 Å². The average molecular weight is 312 g/mol. The minimum absolute atomic E-state index is 0. The van der Waals surface area contributed by atoms with Crippen molar-refractivity contribution >= 4 is 7.92 Å². The number of aliphatic hydroxyl groups excluding tert-OH is 1. The van der Waals surface area contributed by atoms with Crippen LogP contribution in [0.4, 0.5) is 0 Å². The minimum Gasteiger partial charge on any atom is -0.396 e. The summed E-state index contributed by atoms with van der Waals surface area (Å²) in [5.41, 5.74) is 0.681. The zero-order valence-corrected chi connectivity index (χ0v) is 14.2. The van der Waals surface area contributed by atoms with Gasteiger partial charge in [-0.1, -0.05) is 24.3 Å². The van der Waals surface area contributed by atoms with Crippen molar-refractivity contribution in [1.82, 2.24) is 0 Å². The molecule has 0 spiro atoms. The topological polar surface area (TPSA) is 20.2 Å². The first-order chi connectivity index (χ1) is 7.25. The van der Waals surface area contributed by atoms with E-state index in [-0.39, 0.29) is 39.8 Å². The zero-order valence-electron chi connectivity index (χ0n) is 12.2. The quantitative estimate of drug-likeness (QED) is 0.349. The molecule has 0 aromatic carbocycles. The third kappa shape index (κ3) is 8.48. The molecule has 2 rings (SSSR count). The van der Waals surface area contributed by atoms with Crippen LogP contribution in [0.1, 0.15) is 25.7 Å². The smallest absolute Gasteiger partial charge is 0.396 e. The third-order valence-electron chi connectivity index (χ3n) is 2.99. The van der Waals surface area contributed by atoms with Gasteiger partial charge >= 0.3 is 17.1 Å². The minimum atomic E-state index is 0. The summed E-state index contributed by atoms with van der Waals surface area (Å²) in [4.78, 5) is 0. The van der Waals surface area contributed by atoms with Crippen LogP contribution in [0.2, 0.25) is 0 Å². The van der Waals surface area contributed by atoms with Crippen molar-refractivity contribution in [3.05, 3.63) is 39.2 Å². The molecule has 0 heterocycles. The van der Waals surface area contributed by atoms with E-state index < -0.39 is 0 Å². The molecule has 1 unspecified atom stereocenters. The standard InChI is InChI=1S/C8H15OP.C5H8.2CH3.Fe/c1-10(2)8-5-3-4-7(8)6-9;1-2-4-5-3-1;;;/h3,5,7-9H,4,6H2,1-2H3;1-2H,3-5H2;2*1H3;/q;;2*-1;+2/t7?,8-;;;;/m0..../s1. The van der Waals surface area contributed by atoms with E-state index in [1.54, 1.807) is 0 Å². The summed E-state index contributed by atoms with van der Waals surface area (Å²) in [5.74, 6) is 0.529. The van der Waals surface area contributed by atoms with Gasteiger partial charge in [0.2, 0.25) is 0 Å². The molecule has 2 aliphatic carbocycles. The van der Waals surface area contributed by atoms with Gasteiger partial charge in [0.25, 0.3) is 0 Å². The van der Waals surface area contributed by atoms with Gasteiger partial charge in [0.15, 0.2) is 0 Å². The maximum absolute atomic E-state index is 8.96. The Labute approximate surface area is 126 Å². The molecule has 0 bridgehead atoms. The molecule has 0 aliphatic heterocycles. The van der Waals surface area contributed by atoms with Crippen molar-refractivity contribution in [1.29, 1.82) is 0 Å². The Balaban J connectivity index is -0.000000245. The molecule has 0 saturated carbocycles. The predicted octanol–water partition coefficient (Wildman–Crippen LogP) is 4.29. The van der Waals surface area contributed by atoms with Crippen LogP contribution in [-0.4, -0.2) is 30.7 Å². The van der Waals surface area contributed by atoms with Gasteiger partial charge in [-0.15, -0.1) is 7.92 Å². The average Bonchev–Trinajstić information content (AvgIpc) is 2.92. The van der Waals surface area contributed by atoms with Crippen LogP contribution in [0.25, 0.3) is 0 Å². The predicted molar refractivity (Wildman–Crippen MR) is 82.7 cm³/mol.